The molecule has 4 N–H and O–H groups in total. The molecule has 0 saturated carbocycles. The van der Waals surface area contributed by atoms with Crippen molar-refractivity contribution in [2.45, 2.75) is 19.6 Å². The Morgan fingerprint density at radius 1 is 1.09 bits per heavy atom. The van der Waals surface area contributed by atoms with Crippen molar-refractivity contribution in [1.29, 1.82) is 0 Å². The summed E-state index contributed by atoms with van der Waals surface area (Å²) in [5.74, 6) is -2.04. The molecule has 0 fully saturated rings. The van der Waals surface area contributed by atoms with E-state index in [1.807, 2.05) is 38.4 Å². The number of aromatic hydroxyl groups is 1. The van der Waals surface area contributed by atoms with E-state index in [9.17, 15) is 23.5 Å². The number of aliphatic imine (C=N–C) groups is 1. The fourth-order valence-corrected chi connectivity index (χ4v) is 5.38. The normalized spacial score (nSPS) is 12.8. The summed E-state index contributed by atoms with van der Waals surface area (Å²) in [5, 5.41) is 17.6. The number of aromatic nitrogens is 3. The lowest BCUT2D eigenvalue weighted by atomic mass is 10.0. The Bertz CT molecular complexity index is 2080. The summed E-state index contributed by atoms with van der Waals surface area (Å²) in [5.41, 5.74) is 4.95. The lowest BCUT2D eigenvalue weighted by molar-refractivity contribution is 0.0955. The minimum atomic E-state index is -1.03. The summed E-state index contributed by atoms with van der Waals surface area (Å²) >= 11 is 0. The number of amides is 1. The van der Waals surface area contributed by atoms with Crippen molar-refractivity contribution in [3.63, 3.8) is 0 Å². The molecule has 0 bridgehead atoms. The van der Waals surface area contributed by atoms with Gasteiger partial charge in [-0.25, -0.2) is 13.8 Å². The fraction of sp³-hybridized carbons (Fsp3) is 0.176. The molecule has 0 unspecified atom stereocenters. The number of carbonyl (C=O) groups excluding carboxylic acids is 1. The van der Waals surface area contributed by atoms with Gasteiger partial charge >= 0.3 is 0 Å². The van der Waals surface area contributed by atoms with Crippen LogP contribution in [0.25, 0.3) is 17.0 Å². The van der Waals surface area contributed by atoms with E-state index in [1.165, 1.54) is 24.2 Å². The Morgan fingerprint density at radius 3 is 2.72 bits per heavy atom. The average Bonchev–Trinajstić information content (AvgIpc) is 3.36. The molecule has 0 atom stereocenters. The Kier molecular flexibility index (Phi) is 8.45. The predicted molar refractivity (Wildman–Crippen MR) is 173 cm³/mol. The van der Waals surface area contributed by atoms with Gasteiger partial charge in [0.25, 0.3) is 11.5 Å². The van der Waals surface area contributed by atoms with Gasteiger partial charge in [-0.1, -0.05) is 42.5 Å². The number of anilines is 1. The van der Waals surface area contributed by atoms with E-state index in [0.717, 1.165) is 45.4 Å². The van der Waals surface area contributed by atoms with Crippen molar-refractivity contribution in [1.82, 2.24) is 24.8 Å². The third-order valence-corrected chi connectivity index (χ3v) is 7.54. The quantitative estimate of drug-likeness (QED) is 0.190. The van der Waals surface area contributed by atoms with Crippen LogP contribution in [-0.4, -0.2) is 56.9 Å². The monoisotopic (exact) mass is 623 g/mol. The Morgan fingerprint density at radius 2 is 1.91 bits per heavy atom. The van der Waals surface area contributed by atoms with Gasteiger partial charge in [-0.05, 0) is 60.6 Å². The highest BCUT2D eigenvalue weighted by Crippen LogP contribution is 2.32. The topological polar surface area (TPSA) is 128 Å². The lowest BCUT2D eigenvalue weighted by Crippen LogP contribution is -2.33. The third-order valence-electron chi connectivity index (χ3n) is 7.54. The van der Waals surface area contributed by atoms with Crippen molar-refractivity contribution >= 4 is 34.4 Å². The zero-order valence-corrected chi connectivity index (χ0v) is 25.1. The van der Waals surface area contributed by atoms with Gasteiger partial charge in [0, 0.05) is 35.9 Å². The van der Waals surface area contributed by atoms with Gasteiger partial charge in [-0.2, -0.15) is 0 Å². The van der Waals surface area contributed by atoms with Crippen LogP contribution in [0.5, 0.6) is 5.88 Å². The smallest absolute Gasteiger partial charge is 0.266 e. The summed E-state index contributed by atoms with van der Waals surface area (Å²) < 4.78 is 28.0. The fourth-order valence-electron chi connectivity index (χ4n) is 5.38. The number of hydrogen-bond donors (Lipinski definition) is 4. The minimum absolute atomic E-state index is 0.00834. The second-order valence-electron chi connectivity index (χ2n) is 11.3. The number of halogens is 2. The van der Waals surface area contributed by atoms with E-state index in [2.05, 4.69) is 37.6 Å². The molecule has 0 aliphatic carbocycles. The largest absolute Gasteiger partial charge is 0.494 e. The van der Waals surface area contributed by atoms with E-state index in [4.69, 9.17) is 4.99 Å². The number of rotatable bonds is 9. The standard InChI is InChI=1S/C34H31F2N7O3/c1-42(2)17-21-7-10-28-23(12-21)15-39-31(40-28)30-24-8-5-20(14-29(24)41-33(30)45)4-3-11-38-32(44)25-16-37-19-43(34(25)46)18-22-6-9-26(35)27(36)13-22/h3-10,12-14,16,19,41,45H,11,15,17-18H2,1-2H3,(H,38,44)(H,39,40)/b4-3+. The molecule has 1 amide bonds. The van der Waals surface area contributed by atoms with E-state index in [-0.39, 0.29) is 24.5 Å². The number of carbonyl (C=O) groups is 1. The number of nitrogens with one attached hydrogen (secondary N) is 3. The van der Waals surface area contributed by atoms with Gasteiger partial charge in [0.05, 0.1) is 25.0 Å². The van der Waals surface area contributed by atoms with Crippen molar-refractivity contribution < 1.29 is 18.7 Å². The summed E-state index contributed by atoms with van der Waals surface area (Å²) in [6.45, 7) is 1.40. The SMILES string of the molecule is CN(C)Cc1ccc2c(c1)CN=C(c1c(O)[nH]c3cc(/C=C/CNC(=O)c4cncn(Cc5ccc(F)c(F)c5)c4=O)ccc13)N2. The molecule has 234 valence electrons. The molecule has 1 aliphatic heterocycles. The molecule has 0 radical (unpaired) electrons. The molecule has 0 spiro atoms. The highest BCUT2D eigenvalue weighted by atomic mass is 19.2. The van der Waals surface area contributed by atoms with Gasteiger partial charge in [-0.3, -0.25) is 19.1 Å². The lowest BCUT2D eigenvalue weighted by Gasteiger charge is -2.20. The first kappa shape index (κ1) is 30.4. The molecule has 10 nitrogen and oxygen atoms in total. The zero-order valence-electron chi connectivity index (χ0n) is 25.1. The van der Waals surface area contributed by atoms with Gasteiger partial charge < -0.3 is 25.6 Å². The van der Waals surface area contributed by atoms with Crippen LogP contribution in [0.15, 0.2) is 83.0 Å². The first-order valence-corrected chi connectivity index (χ1v) is 14.5. The van der Waals surface area contributed by atoms with E-state index in [1.54, 1.807) is 12.2 Å². The van der Waals surface area contributed by atoms with Crippen LogP contribution >= 0.6 is 0 Å². The molecule has 0 saturated heterocycles. The predicted octanol–water partition coefficient (Wildman–Crippen LogP) is 4.63. The molecule has 3 heterocycles. The van der Waals surface area contributed by atoms with Crippen molar-refractivity contribution in [3.05, 3.63) is 129 Å². The molecule has 1 aliphatic rings. The van der Waals surface area contributed by atoms with E-state index < -0.39 is 23.1 Å². The maximum absolute atomic E-state index is 13.6. The Hall–Kier alpha value is -5.62. The molecular weight excluding hydrogens is 592 g/mol. The molecular formula is C34H31F2N7O3. The summed E-state index contributed by atoms with van der Waals surface area (Å²) in [6.07, 6.45) is 5.93. The van der Waals surface area contributed by atoms with Crippen LogP contribution < -0.4 is 16.2 Å². The van der Waals surface area contributed by atoms with Gasteiger partial charge in [0.15, 0.2) is 11.6 Å². The second-order valence-corrected chi connectivity index (χ2v) is 11.3. The number of hydrogen-bond acceptors (Lipinski definition) is 7. The van der Waals surface area contributed by atoms with Gasteiger partial charge in [0.1, 0.15) is 11.4 Å². The van der Waals surface area contributed by atoms with Crippen LogP contribution in [0.1, 0.15) is 38.2 Å². The Labute approximate surface area is 262 Å². The van der Waals surface area contributed by atoms with Crippen LogP contribution in [0, 0.1) is 11.6 Å². The molecule has 6 rings (SSSR count). The van der Waals surface area contributed by atoms with Gasteiger partial charge in [-0.15, -0.1) is 0 Å². The first-order valence-electron chi connectivity index (χ1n) is 14.5. The summed E-state index contributed by atoms with van der Waals surface area (Å²) in [7, 11) is 4.06. The number of amidine groups is 1. The molecule has 3 aromatic carbocycles. The number of nitrogens with zero attached hydrogens (tertiary/aromatic N) is 4. The summed E-state index contributed by atoms with van der Waals surface area (Å²) in [6, 6.07) is 15.2. The van der Waals surface area contributed by atoms with E-state index >= 15 is 0 Å². The van der Waals surface area contributed by atoms with Crippen molar-refractivity contribution in [2.24, 2.45) is 4.99 Å². The minimum Gasteiger partial charge on any atom is -0.494 e. The number of fused-ring (bicyclic) bond motifs is 2. The first-order chi connectivity index (χ1) is 22.2. The molecule has 46 heavy (non-hydrogen) atoms. The number of aromatic amines is 1. The maximum atomic E-state index is 13.6. The third kappa shape index (κ3) is 6.42. The van der Waals surface area contributed by atoms with Crippen molar-refractivity contribution in [3.8, 4) is 5.88 Å². The van der Waals surface area contributed by atoms with Crippen molar-refractivity contribution in [2.75, 3.05) is 26.0 Å². The Balaban J connectivity index is 1.10. The van der Waals surface area contributed by atoms with Crippen LogP contribution in [0.4, 0.5) is 14.5 Å². The maximum Gasteiger partial charge on any atom is 0.266 e. The number of benzene rings is 3. The highest BCUT2D eigenvalue weighted by molar-refractivity contribution is 6.18. The van der Waals surface area contributed by atoms with Crippen LogP contribution in [0.3, 0.4) is 0 Å². The average molecular weight is 624 g/mol. The molecule has 5 aromatic rings. The van der Waals surface area contributed by atoms with Gasteiger partial charge in [0.2, 0.25) is 5.88 Å². The highest BCUT2D eigenvalue weighted by Gasteiger charge is 2.21. The molecule has 2 aromatic heterocycles. The second kappa shape index (κ2) is 12.8. The zero-order chi connectivity index (χ0) is 32.4. The van der Waals surface area contributed by atoms with Crippen LogP contribution in [-0.2, 0) is 19.6 Å². The molecule has 12 heteroatoms. The number of H-pyrrole nitrogens is 1. The van der Waals surface area contributed by atoms with E-state index in [0.29, 0.717) is 29.0 Å². The van der Waals surface area contributed by atoms with Crippen LogP contribution in [0.2, 0.25) is 0 Å². The summed E-state index contributed by atoms with van der Waals surface area (Å²) in [4.78, 5) is 39.4.